The number of hydrogen-bond donors (Lipinski definition) is 3. The van der Waals surface area contributed by atoms with Crippen molar-refractivity contribution in [1.82, 2.24) is 10.3 Å². The lowest BCUT2D eigenvalue weighted by Gasteiger charge is -2.12. The fourth-order valence-corrected chi connectivity index (χ4v) is 4.03. The van der Waals surface area contributed by atoms with Gasteiger partial charge in [-0.15, -0.1) is 0 Å². The van der Waals surface area contributed by atoms with Crippen LogP contribution >= 0.6 is 11.3 Å². The number of nitrogens with one attached hydrogen (secondary N) is 1. The molecule has 0 bridgehead atoms. The van der Waals surface area contributed by atoms with Crippen molar-refractivity contribution in [2.75, 3.05) is 30.3 Å². The van der Waals surface area contributed by atoms with Gasteiger partial charge in [0.15, 0.2) is 5.13 Å². The van der Waals surface area contributed by atoms with Crippen molar-refractivity contribution in [2.24, 2.45) is 5.92 Å². The number of carbonyl (C=O) groups excluding carboxylic acids is 1. The molecule has 1 amide bonds. The van der Waals surface area contributed by atoms with E-state index in [1.165, 1.54) is 24.2 Å². The van der Waals surface area contributed by atoms with Gasteiger partial charge in [0, 0.05) is 19.6 Å². The van der Waals surface area contributed by atoms with Gasteiger partial charge in [0.25, 0.3) is 5.91 Å². The van der Waals surface area contributed by atoms with E-state index in [4.69, 9.17) is 5.73 Å². The quantitative estimate of drug-likeness (QED) is 0.777. The van der Waals surface area contributed by atoms with Gasteiger partial charge in [-0.2, -0.15) is 0 Å². The average molecular weight is 310 g/mol. The number of carbonyl (C=O) groups is 1. The van der Waals surface area contributed by atoms with Crippen molar-refractivity contribution in [3.63, 3.8) is 0 Å². The summed E-state index contributed by atoms with van der Waals surface area (Å²) < 4.78 is 0. The highest BCUT2D eigenvalue weighted by atomic mass is 32.1. The van der Waals surface area contributed by atoms with E-state index in [0.717, 1.165) is 37.5 Å². The molecule has 4 N–H and O–H groups in total. The highest BCUT2D eigenvalue weighted by Crippen LogP contribution is 2.30. The summed E-state index contributed by atoms with van der Waals surface area (Å²) in [5.74, 6) is 0.554. The SMILES string of the molecule is Nc1nc(N2CCCC2)sc1C(=O)NCC1CCC(O)C1. The summed E-state index contributed by atoms with van der Waals surface area (Å²) in [4.78, 5) is 19.3. The zero-order valence-corrected chi connectivity index (χ0v) is 12.9. The molecule has 2 heterocycles. The summed E-state index contributed by atoms with van der Waals surface area (Å²) >= 11 is 1.38. The number of aliphatic hydroxyl groups excluding tert-OH is 1. The van der Waals surface area contributed by atoms with Gasteiger partial charge in [0.2, 0.25) is 0 Å². The number of rotatable bonds is 4. The first-order valence-corrected chi connectivity index (χ1v) is 8.42. The number of nitrogens with two attached hydrogens (primary N) is 1. The van der Waals surface area contributed by atoms with Crippen molar-refractivity contribution < 1.29 is 9.90 Å². The third-order valence-electron chi connectivity index (χ3n) is 4.29. The Bertz CT molecular complexity index is 513. The van der Waals surface area contributed by atoms with Gasteiger partial charge < -0.3 is 21.1 Å². The Labute approximate surface area is 128 Å². The summed E-state index contributed by atoms with van der Waals surface area (Å²) in [7, 11) is 0. The van der Waals surface area contributed by atoms with Gasteiger partial charge in [0.1, 0.15) is 10.7 Å². The lowest BCUT2D eigenvalue weighted by atomic mass is 10.1. The van der Waals surface area contributed by atoms with Crippen LogP contribution in [-0.4, -0.2) is 41.7 Å². The van der Waals surface area contributed by atoms with Crippen LogP contribution in [0.2, 0.25) is 0 Å². The maximum Gasteiger partial charge on any atom is 0.265 e. The van der Waals surface area contributed by atoms with Gasteiger partial charge in [-0.25, -0.2) is 4.98 Å². The van der Waals surface area contributed by atoms with Crippen LogP contribution in [0.15, 0.2) is 0 Å². The summed E-state index contributed by atoms with van der Waals surface area (Å²) in [6, 6.07) is 0. The molecule has 2 fully saturated rings. The Hall–Kier alpha value is -1.34. The molecular weight excluding hydrogens is 288 g/mol. The molecule has 0 spiro atoms. The van der Waals surface area contributed by atoms with E-state index >= 15 is 0 Å². The molecule has 1 aliphatic heterocycles. The lowest BCUT2D eigenvalue weighted by molar-refractivity contribution is 0.0950. The predicted molar refractivity (Wildman–Crippen MR) is 83.7 cm³/mol. The van der Waals surface area contributed by atoms with Crippen LogP contribution in [0.25, 0.3) is 0 Å². The molecule has 0 aromatic carbocycles. The smallest absolute Gasteiger partial charge is 0.265 e. The van der Waals surface area contributed by atoms with E-state index in [9.17, 15) is 9.90 Å². The van der Waals surface area contributed by atoms with E-state index in [1.807, 2.05) is 0 Å². The molecule has 1 aromatic heterocycles. The Kier molecular flexibility index (Phi) is 4.30. The average Bonchev–Trinajstić information content (AvgIpc) is 3.16. The van der Waals surface area contributed by atoms with Crippen LogP contribution in [-0.2, 0) is 0 Å². The molecule has 2 atom stereocenters. The van der Waals surface area contributed by atoms with Crippen LogP contribution in [0.4, 0.5) is 10.9 Å². The minimum absolute atomic E-state index is 0.142. The molecule has 21 heavy (non-hydrogen) atoms. The standard InChI is InChI=1S/C14H22N4O2S/c15-12-11(21-14(17-12)18-5-1-2-6-18)13(20)16-8-9-3-4-10(19)7-9/h9-10,19H,1-8,15H2,(H,16,20). The van der Waals surface area contributed by atoms with E-state index in [-0.39, 0.29) is 12.0 Å². The highest BCUT2D eigenvalue weighted by Gasteiger charge is 2.25. The molecule has 116 valence electrons. The molecule has 1 saturated heterocycles. The number of hydrogen-bond acceptors (Lipinski definition) is 6. The second-order valence-electron chi connectivity index (χ2n) is 5.95. The van der Waals surface area contributed by atoms with Gasteiger partial charge in [-0.1, -0.05) is 11.3 Å². The minimum Gasteiger partial charge on any atom is -0.393 e. The number of thiazole rings is 1. The third kappa shape index (κ3) is 3.29. The lowest BCUT2D eigenvalue weighted by Crippen LogP contribution is -2.28. The zero-order valence-electron chi connectivity index (χ0n) is 12.0. The first-order chi connectivity index (χ1) is 10.1. The first kappa shape index (κ1) is 14.6. The van der Waals surface area contributed by atoms with Crippen molar-refractivity contribution in [3.8, 4) is 0 Å². The molecule has 3 rings (SSSR count). The summed E-state index contributed by atoms with van der Waals surface area (Å²) in [5, 5.41) is 13.3. The molecule has 6 nitrogen and oxygen atoms in total. The van der Waals surface area contributed by atoms with Gasteiger partial charge in [0.05, 0.1) is 6.10 Å². The van der Waals surface area contributed by atoms with Crippen LogP contribution < -0.4 is 16.0 Å². The Morgan fingerprint density at radius 2 is 2.19 bits per heavy atom. The minimum atomic E-state index is -0.206. The van der Waals surface area contributed by atoms with Gasteiger partial charge in [-0.3, -0.25) is 4.79 Å². The second-order valence-corrected chi connectivity index (χ2v) is 6.93. The van der Waals surface area contributed by atoms with Crippen molar-refractivity contribution >= 4 is 28.2 Å². The van der Waals surface area contributed by atoms with Gasteiger partial charge in [-0.05, 0) is 38.0 Å². The Balaban J connectivity index is 1.59. The largest absolute Gasteiger partial charge is 0.393 e. The number of aliphatic hydroxyl groups is 1. The van der Waals surface area contributed by atoms with Crippen LogP contribution in [0.3, 0.4) is 0 Å². The zero-order chi connectivity index (χ0) is 14.8. The molecule has 1 aliphatic carbocycles. The Morgan fingerprint density at radius 1 is 1.43 bits per heavy atom. The predicted octanol–water partition coefficient (Wildman–Crippen LogP) is 1.22. The Morgan fingerprint density at radius 3 is 2.86 bits per heavy atom. The second kappa shape index (κ2) is 6.19. The topological polar surface area (TPSA) is 91.5 Å². The highest BCUT2D eigenvalue weighted by molar-refractivity contribution is 7.18. The van der Waals surface area contributed by atoms with E-state index in [2.05, 4.69) is 15.2 Å². The number of nitrogen functional groups attached to an aromatic ring is 1. The molecule has 7 heteroatoms. The van der Waals surface area contributed by atoms with E-state index in [1.54, 1.807) is 0 Å². The fraction of sp³-hybridized carbons (Fsp3) is 0.714. The number of nitrogens with zero attached hydrogens (tertiary/aromatic N) is 2. The fourth-order valence-electron chi connectivity index (χ4n) is 3.08. The summed E-state index contributed by atoms with van der Waals surface area (Å²) in [5.41, 5.74) is 5.89. The summed E-state index contributed by atoms with van der Waals surface area (Å²) in [6.45, 7) is 2.59. The molecule has 2 aliphatic rings. The summed E-state index contributed by atoms with van der Waals surface area (Å²) in [6.07, 6.45) is 4.72. The van der Waals surface area contributed by atoms with Crippen molar-refractivity contribution in [1.29, 1.82) is 0 Å². The first-order valence-electron chi connectivity index (χ1n) is 7.61. The maximum absolute atomic E-state index is 12.2. The number of aromatic nitrogens is 1. The van der Waals surface area contributed by atoms with Gasteiger partial charge >= 0.3 is 0 Å². The maximum atomic E-state index is 12.2. The molecular formula is C14H22N4O2S. The molecule has 2 unspecified atom stereocenters. The van der Waals surface area contributed by atoms with E-state index in [0.29, 0.717) is 23.2 Å². The van der Waals surface area contributed by atoms with E-state index < -0.39 is 0 Å². The van der Waals surface area contributed by atoms with Crippen LogP contribution in [0, 0.1) is 5.92 Å². The normalized spacial score (nSPS) is 25.5. The van der Waals surface area contributed by atoms with Crippen molar-refractivity contribution in [3.05, 3.63) is 4.88 Å². The molecule has 0 radical (unpaired) electrons. The van der Waals surface area contributed by atoms with Crippen molar-refractivity contribution in [2.45, 2.75) is 38.2 Å². The van der Waals surface area contributed by atoms with Crippen LogP contribution in [0.1, 0.15) is 41.8 Å². The third-order valence-corrected chi connectivity index (χ3v) is 5.42. The molecule has 1 saturated carbocycles. The monoisotopic (exact) mass is 310 g/mol. The number of amides is 1. The number of anilines is 2. The van der Waals surface area contributed by atoms with Crippen LogP contribution in [0.5, 0.6) is 0 Å². The molecule has 1 aromatic rings.